The second-order valence-electron chi connectivity index (χ2n) is 5.93. The van der Waals surface area contributed by atoms with E-state index in [1.54, 1.807) is 6.20 Å². The highest BCUT2D eigenvalue weighted by atomic mass is 16.1. The summed E-state index contributed by atoms with van der Waals surface area (Å²) in [6, 6.07) is 4.01. The molecular formula is C17H27N3O. The molecule has 0 unspecified atom stereocenters. The minimum absolute atomic E-state index is 0.217. The second-order valence-corrected chi connectivity index (χ2v) is 5.93. The molecule has 1 aromatic rings. The van der Waals surface area contributed by atoms with Crippen LogP contribution in [-0.2, 0) is 11.3 Å². The molecule has 1 saturated carbocycles. The van der Waals surface area contributed by atoms with Crippen molar-refractivity contribution in [3.63, 3.8) is 0 Å². The van der Waals surface area contributed by atoms with Crippen LogP contribution in [0.4, 0.5) is 0 Å². The normalized spacial score (nSPS) is 15.2. The van der Waals surface area contributed by atoms with Crippen molar-refractivity contribution in [2.24, 2.45) is 5.92 Å². The summed E-state index contributed by atoms with van der Waals surface area (Å²) < 4.78 is 0. The molecule has 0 saturated heterocycles. The molecule has 1 aliphatic rings. The average Bonchev–Trinajstić information content (AvgIpc) is 3.03. The Hall–Kier alpha value is -1.42. The van der Waals surface area contributed by atoms with Gasteiger partial charge in [-0.25, -0.2) is 0 Å². The first-order valence-electron chi connectivity index (χ1n) is 8.21. The zero-order chi connectivity index (χ0) is 14.8. The predicted octanol–water partition coefficient (Wildman–Crippen LogP) is 2.65. The van der Waals surface area contributed by atoms with Gasteiger partial charge in [-0.15, -0.1) is 0 Å². The van der Waals surface area contributed by atoms with Gasteiger partial charge in [0, 0.05) is 31.9 Å². The third-order valence-corrected chi connectivity index (χ3v) is 4.16. The number of amides is 1. The molecule has 0 aliphatic heterocycles. The van der Waals surface area contributed by atoms with Crippen LogP contribution in [0.25, 0.3) is 0 Å². The zero-order valence-electron chi connectivity index (χ0n) is 12.8. The van der Waals surface area contributed by atoms with E-state index in [-0.39, 0.29) is 5.91 Å². The highest BCUT2D eigenvalue weighted by Crippen LogP contribution is 2.28. The average molecular weight is 289 g/mol. The van der Waals surface area contributed by atoms with Crippen LogP contribution in [0.1, 0.15) is 50.5 Å². The zero-order valence-corrected chi connectivity index (χ0v) is 12.8. The first kappa shape index (κ1) is 16.0. The fourth-order valence-electron chi connectivity index (χ4n) is 2.90. The smallest absolute Gasteiger partial charge is 0.220 e. The van der Waals surface area contributed by atoms with Gasteiger partial charge in [-0.2, -0.15) is 0 Å². The molecule has 1 aromatic heterocycles. The van der Waals surface area contributed by atoms with Crippen LogP contribution in [0.15, 0.2) is 24.5 Å². The number of nitrogens with zero attached hydrogens (tertiary/aromatic N) is 1. The van der Waals surface area contributed by atoms with Gasteiger partial charge in [0.25, 0.3) is 0 Å². The van der Waals surface area contributed by atoms with E-state index in [1.807, 2.05) is 12.3 Å². The first-order valence-corrected chi connectivity index (χ1v) is 8.21. The Morgan fingerprint density at radius 1 is 1.29 bits per heavy atom. The van der Waals surface area contributed by atoms with Crippen LogP contribution in [-0.4, -0.2) is 24.0 Å². The molecule has 0 spiro atoms. The van der Waals surface area contributed by atoms with Gasteiger partial charge >= 0.3 is 0 Å². The number of nitrogens with one attached hydrogen (secondary N) is 2. The van der Waals surface area contributed by atoms with Crippen molar-refractivity contribution in [1.29, 1.82) is 0 Å². The molecule has 0 aromatic carbocycles. The maximum atomic E-state index is 11.7. The van der Waals surface area contributed by atoms with Gasteiger partial charge in [-0.05, 0) is 36.9 Å². The summed E-state index contributed by atoms with van der Waals surface area (Å²) in [4.78, 5) is 15.8. The fraction of sp³-hybridized carbons (Fsp3) is 0.647. The molecular weight excluding hydrogens is 262 g/mol. The van der Waals surface area contributed by atoms with E-state index in [1.165, 1.54) is 31.2 Å². The Labute approximate surface area is 127 Å². The van der Waals surface area contributed by atoms with E-state index in [0.717, 1.165) is 38.4 Å². The lowest BCUT2D eigenvalue weighted by Crippen LogP contribution is -2.27. The standard InChI is InChI=1S/C17H27N3O/c21-17(9-8-15-5-1-2-6-15)20-12-4-11-19-14-16-7-3-10-18-13-16/h3,7,10,13,15,19H,1-2,4-6,8-9,11-12,14H2,(H,20,21). The molecule has 0 bridgehead atoms. The Morgan fingerprint density at radius 3 is 2.90 bits per heavy atom. The number of hydrogen-bond acceptors (Lipinski definition) is 3. The van der Waals surface area contributed by atoms with E-state index in [0.29, 0.717) is 6.42 Å². The molecule has 2 rings (SSSR count). The summed E-state index contributed by atoms with van der Waals surface area (Å²) in [5.74, 6) is 1.02. The summed E-state index contributed by atoms with van der Waals surface area (Å²) in [5.41, 5.74) is 1.19. The van der Waals surface area contributed by atoms with Crippen molar-refractivity contribution in [3.05, 3.63) is 30.1 Å². The van der Waals surface area contributed by atoms with Crippen LogP contribution >= 0.6 is 0 Å². The minimum atomic E-state index is 0.217. The van der Waals surface area contributed by atoms with Gasteiger partial charge in [-0.3, -0.25) is 9.78 Å². The maximum absolute atomic E-state index is 11.7. The van der Waals surface area contributed by atoms with Crippen LogP contribution in [0.5, 0.6) is 0 Å². The van der Waals surface area contributed by atoms with Crippen molar-refractivity contribution in [2.45, 2.75) is 51.5 Å². The highest BCUT2D eigenvalue weighted by molar-refractivity contribution is 5.75. The molecule has 21 heavy (non-hydrogen) atoms. The van der Waals surface area contributed by atoms with Crippen LogP contribution in [0.2, 0.25) is 0 Å². The summed E-state index contributed by atoms with van der Waals surface area (Å²) in [7, 11) is 0. The molecule has 1 amide bonds. The molecule has 1 fully saturated rings. The van der Waals surface area contributed by atoms with E-state index in [9.17, 15) is 4.79 Å². The molecule has 4 nitrogen and oxygen atoms in total. The van der Waals surface area contributed by atoms with Gasteiger partial charge in [0.15, 0.2) is 0 Å². The van der Waals surface area contributed by atoms with E-state index >= 15 is 0 Å². The van der Waals surface area contributed by atoms with Crippen LogP contribution in [0, 0.1) is 5.92 Å². The monoisotopic (exact) mass is 289 g/mol. The van der Waals surface area contributed by atoms with Gasteiger partial charge in [-0.1, -0.05) is 31.7 Å². The van der Waals surface area contributed by atoms with Crippen LogP contribution in [0.3, 0.4) is 0 Å². The van der Waals surface area contributed by atoms with Crippen molar-refractivity contribution < 1.29 is 4.79 Å². The highest BCUT2D eigenvalue weighted by Gasteiger charge is 2.15. The van der Waals surface area contributed by atoms with E-state index in [2.05, 4.69) is 21.7 Å². The van der Waals surface area contributed by atoms with Crippen molar-refractivity contribution in [1.82, 2.24) is 15.6 Å². The summed E-state index contributed by atoms with van der Waals surface area (Å²) in [6.45, 7) is 2.52. The largest absolute Gasteiger partial charge is 0.356 e. The van der Waals surface area contributed by atoms with Crippen LogP contribution < -0.4 is 10.6 Å². The summed E-state index contributed by atoms with van der Waals surface area (Å²) in [5, 5.41) is 6.37. The molecule has 1 aliphatic carbocycles. The van der Waals surface area contributed by atoms with Gasteiger partial charge < -0.3 is 10.6 Å². The molecule has 0 radical (unpaired) electrons. The summed E-state index contributed by atoms with van der Waals surface area (Å²) >= 11 is 0. The molecule has 2 N–H and O–H groups in total. The Balaban J connectivity index is 1.43. The minimum Gasteiger partial charge on any atom is -0.356 e. The predicted molar refractivity (Wildman–Crippen MR) is 84.8 cm³/mol. The van der Waals surface area contributed by atoms with Crippen molar-refractivity contribution in [3.8, 4) is 0 Å². The maximum Gasteiger partial charge on any atom is 0.220 e. The lowest BCUT2D eigenvalue weighted by atomic mass is 10.0. The lowest BCUT2D eigenvalue weighted by molar-refractivity contribution is -0.121. The number of rotatable bonds is 9. The third kappa shape index (κ3) is 6.71. The Bertz CT molecular complexity index is 402. The van der Waals surface area contributed by atoms with E-state index in [4.69, 9.17) is 0 Å². The number of carbonyl (C=O) groups excluding carboxylic acids is 1. The van der Waals surface area contributed by atoms with Crippen molar-refractivity contribution >= 4 is 5.91 Å². The number of aromatic nitrogens is 1. The second kappa shape index (κ2) is 9.50. The molecule has 116 valence electrons. The molecule has 4 heteroatoms. The first-order chi connectivity index (χ1) is 10.3. The van der Waals surface area contributed by atoms with E-state index < -0.39 is 0 Å². The van der Waals surface area contributed by atoms with Gasteiger partial charge in [0.05, 0.1) is 0 Å². The van der Waals surface area contributed by atoms with Gasteiger partial charge in [0.1, 0.15) is 0 Å². The number of carbonyl (C=O) groups is 1. The fourth-order valence-corrected chi connectivity index (χ4v) is 2.90. The molecule has 0 atom stereocenters. The topological polar surface area (TPSA) is 54.0 Å². The lowest BCUT2D eigenvalue weighted by Gasteiger charge is -2.09. The Kier molecular flexibility index (Phi) is 7.22. The third-order valence-electron chi connectivity index (χ3n) is 4.16. The van der Waals surface area contributed by atoms with Crippen molar-refractivity contribution in [2.75, 3.05) is 13.1 Å². The van der Waals surface area contributed by atoms with Gasteiger partial charge in [0.2, 0.25) is 5.91 Å². The summed E-state index contributed by atoms with van der Waals surface area (Å²) in [6.07, 6.45) is 11.8. The number of pyridine rings is 1. The Morgan fingerprint density at radius 2 is 2.14 bits per heavy atom. The SMILES string of the molecule is O=C(CCC1CCCC1)NCCCNCc1cccnc1. The quantitative estimate of drug-likeness (QED) is 0.687. The number of hydrogen-bond donors (Lipinski definition) is 2. The molecule has 1 heterocycles.